The molecule has 1 unspecified atom stereocenters. The maximum Gasteiger partial charge on any atom is 0.306 e. The molecule has 0 bridgehead atoms. The Balaban J connectivity index is 3.08. The summed E-state index contributed by atoms with van der Waals surface area (Å²) in [5.41, 5.74) is 2.35. The van der Waals surface area contributed by atoms with Gasteiger partial charge in [0.1, 0.15) is 5.75 Å². The predicted molar refractivity (Wildman–Crippen MR) is 59.7 cm³/mol. The standard InChI is InChI=1S/C12H16O4/c1-7-4-9(16-3)5-8(2)12(7)10(13)6-11(14)15/h4-5,10,13H,6H2,1-3H3,(H,14,15). The number of aliphatic carboxylic acids is 1. The smallest absolute Gasteiger partial charge is 0.306 e. The van der Waals surface area contributed by atoms with Gasteiger partial charge in [-0.2, -0.15) is 0 Å². The summed E-state index contributed by atoms with van der Waals surface area (Å²) in [6.45, 7) is 3.66. The molecular weight excluding hydrogens is 208 g/mol. The van der Waals surface area contributed by atoms with Crippen LogP contribution < -0.4 is 4.74 Å². The van der Waals surface area contributed by atoms with Gasteiger partial charge < -0.3 is 14.9 Å². The molecule has 0 saturated carbocycles. The number of aliphatic hydroxyl groups is 1. The van der Waals surface area contributed by atoms with Crippen LogP contribution in [0, 0.1) is 13.8 Å². The van der Waals surface area contributed by atoms with Crippen LogP contribution in [0.25, 0.3) is 0 Å². The largest absolute Gasteiger partial charge is 0.497 e. The molecule has 16 heavy (non-hydrogen) atoms. The molecule has 88 valence electrons. The van der Waals surface area contributed by atoms with Crippen molar-refractivity contribution in [2.45, 2.75) is 26.4 Å². The molecule has 0 heterocycles. The zero-order valence-electron chi connectivity index (χ0n) is 9.65. The first kappa shape index (κ1) is 12.5. The fourth-order valence-electron chi connectivity index (χ4n) is 1.85. The van der Waals surface area contributed by atoms with E-state index in [1.54, 1.807) is 19.2 Å². The average molecular weight is 224 g/mol. The number of hydrogen-bond donors (Lipinski definition) is 2. The van der Waals surface area contributed by atoms with Crippen molar-refractivity contribution < 1.29 is 19.7 Å². The van der Waals surface area contributed by atoms with Gasteiger partial charge in [-0.1, -0.05) is 0 Å². The Morgan fingerprint density at radius 1 is 1.38 bits per heavy atom. The van der Waals surface area contributed by atoms with Crippen molar-refractivity contribution in [2.75, 3.05) is 7.11 Å². The van der Waals surface area contributed by atoms with Crippen molar-refractivity contribution in [1.29, 1.82) is 0 Å². The molecule has 0 radical (unpaired) electrons. The Kier molecular flexibility index (Phi) is 3.90. The van der Waals surface area contributed by atoms with Crippen LogP contribution in [0.1, 0.15) is 29.2 Å². The molecule has 4 nitrogen and oxygen atoms in total. The second kappa shape index (κ2) is 4.99. The van der Waals surface area contributed by atoms with Crippen LogP contribution in [0.15, 0.2) is 12.1 Å². The van der Waals surface area contributed by atoms with Crippen LogP contribution in [-0.4, -0.2) is 23.3 Å². The minimum Gasteiger partial charge on any atom is -0.497 e. The highest BCUT2D eigenvalue weighted by Gasteiger charge is 2.17. The molecule has 1 aromatic carbocycles. The van der Waals surface area contributed by atoms with Crippen molar-refractivity contribution in [3.8, 4) is 5.75 Å². The number of hydrogen-bond acceptors (Lipinski definition) is 3. The number of ether oxygens (including phenoxy) is 1. The van der Waals surface area contributed by atoms with Gasteiger partial charge in [0.25, 0.3) is 0 Å². The van der Waals surface area contributed by atoms with E-state index in [1.807, 2.05) is 13.8 Å². The monoisotopic (exact) mass is 224 g/mol. The number of aryl methyl sites for hydroxylation is 2. The summed E-state index contributed by atoms with van der Waals surface area (Å²) >= 11 is 0. The third-order valence-corrected chi connectivity index (χ3v) is 2.50. The minimum atomic E-state index is -1.01. The molecule has 4 heteroatoms. The van der Waals surface area contributed by atoms with E-state index in [0.717, 1.165) is 11.1 Å². The maximum absolute atomic E-state index is 10.5. The number of carboxylic acid groups (broad SMARTS) is 1. The van der Waals surface area contributed by atoms with Crippen LogP contribution in [-0.2, 0) is 4.79 Å². The molecule has 2 N–H and O–H groups in total. The van der Waals surface area contributed by atoms with Gasteiger partial charge in [0.15, 0.2) is 0 Å². The number of carbonyl (C=O) groups is 1. The molecule has 0 aliphatic carbocycles. The van der Waals surface area contributed by atoms with E-state index < -0.39 is 12.1 Å². The topological polar surface area (TPSA) is 66.8 Å². The first-order valence-corrected chi connectivity index (χ1v) is 5.00. The Bertz CT molecular complexity index is 375. The molecule has 0 spiro atoms. The van der Waals surface area contributed by atoms with Crippen LogP contribution in [0.5, 0.6) is 5.75 Å². The van der Waals surface area contributed by atoms with Crippen molar-refractivity contribution in [3.63, 3.8) is 0 Å². The third kappa shape index (κ3) is 2.73. The molecule has 1 aromatic rings. The molecule has 1 rings (SSSR count). The lowest BCUT2D eigenvalue weighted by Crippen LogP contribution is -2.08. The zero-order chi connectivity index (χ0) is 12.3. The van der Waals surface area contributed by atoms with E-state index in [4.69, 9.17) is 9.84 Å². The van der Waals surface area contributed by atoms with Gasteiger partial charge in [-0.25, -0.2) is 0 Å². The van der Waals surface area contributed by atoms with Crippen molar-refractivity contribution in [3.05, 3.63) is 28.8 Å². The van der Waals surface area contributed by atoms with Gasteiger partial charge in [0, 0.05) is 0 Å². The van der Waals surface area contributed by atoms with E-state index in [1.165, 1.54) is 0 Å². The lowest BCUT2D eigenvalue weighted by atomic mass is 9.96. The average Bonchev–Trinajstić information content (AvgIpc) is 2.15. The summed E-state index contributed by atoms with van der Waals surface area (Å²) in [6.07, 6.45) is -1.25. The fourth-order valence-corrected chi connectivity index (χ4v) is 1.85. The molecule has 1 atom stereocenters. The summed E-state index contributed by atoms with van der Waals surface area (Å²) in [5.74, 6) is -0.302. The fraction of sp³-hybridized carbons (Fsp3) is 0.417. The first-order chi connectivity index (χ1) is 7.45. The first-order valence-electron chi connectivity index (χ1n) is 5.00. The van der Waals surface area contributed by atoms with E-state index in [9.17, 15) is 9.90 Å². The van der Waals surface area contributed by atoms with E-state index in [2.05, 4.69) is 0 Å². The lowest BCUT2D eigenvalue weighted by molar-refractivity contribution is -0.139. The Morgan fingerprint density at radius 2 is 1.88 bits per heavy atom. The summed E-state index contributed by atoms with van der Waals surface area (Å²) in [5, 5.41) is 18.4. The van der Waals surface area contributed by atoms with E-state index in [-0.39, 0.29) is 6.42 Å². The lowest BCUT2D eigenvalue weighted by Gasteiger charge is -2.16. The van der Waals surface area contributed by atoms with Gasteiger partial charge in [-0.05, 0) is 42.7 Å². The molecule has 0 aliphatic heterocycles. The van der Waals surface area contributed by atoms with E-state index >= 15 is 0 Å². The number of methoxy groups -OCH3 is 1. The normalized spacial score (nSPS) is 12.2. The van der Waals surface area contributed by atoms with Crippen LogP contribution in [0.3, 0.4) is 0 Å². The maximum atomic E-state index is 10.5. The van der Waals surface area contributed by atoms with Crippen molar-refractivity contribution in [2.24, 2.45) is 0 Å². The molecule has 0 aromatic heterocycles. The summed E-state index contributed by atoms with van der Waals surface area (Å²) in [6, 6.07) is 3.57. The number of rotatable bonds is 4. The van der Waals surface area contributed by atoms with Gasteiger partial charge >= 0.3 is 5.97 Å². The highest BCUT2D eigenvalue weighted by atomic mass is 16.5. The quantitative estimate of drug-likeness (QED) is 0.818. The molecule has 0 aliphatic rings. The second-order valence-corrected chi connectivity index (χ2v) is 3.79. The van der Waals surface area contributed by atoms with Crippen LogP contribution >= 0.6 is 0 Å². The summed E-state index contributed by atoms with van der Waals surface area (Å²) in [4.78, 5) is 10.5. The molecular formula is C12H16O4. The van der Waals surface area contributed by atoms with Crippen LogP contribution in [0.2, 0.25) is 0 Å². The predicted octanol–water partition coefficient (Wildman–Crippen LogP) is 1.82. The van der Waals surface area contributed by atoms with Crippen molar-refractivity contribution >= 4 is 5.97 Å². The minimum absolute atomic E-state index is 0.284. The van der Waals surface area contributed by atoms with Crippen LogP contribution in [0.4, 0.5) is 0 Å². The van der Waals surface area contributed by atoms with E-state index in [0.29, 0.717) is 11.3 Å². The highest BCUT2D eigenvalue weighted by molar-refractivity contribution is 5.68. The molecule has 0 saturated heterocycles. The number of benzene rings is 1. The van der Waals surface area contributed by atoms with Gasteiger partial charge in [0.2, 0.25) is 0 Å². The number of carboxylic acids is 1. The molecule has 0 fully saturated rings. The number of aliphatic hydroxyl groups excluding tert-OH is 1. The zero-order valence-corrected chi connectivity index (χ0v) is 9.65. The van der Waals surface area contributed by atoms with Gasteiger partial charge in [-0.15, -0.1) is 0 Å². The highest BCUT2D eigenvalue weighted by Crippen LogP contribution is 2.28. The second-order valence-electron chi connectivity index (χ2n) is 3.79. The summed E-state index contributed by atoms with van der Waals surface area (Å²) in [7, 11) is 1.57. The van der Waals surface area contributed by atoms with Gasteiger partial charge in [-0.3, -0.25) is 4.79 Å². The summed E-state index contributed by atoms with van der Waals surface area (Å²) < 4.78 is 5.09. The van der Waals surface area contributed by atoms with Gasteiger partial charge in [0.05, 0.1) is 19.6 Å². The SMILES string of the molecule is COc1cc(C)c(C(O)CC(=O)O)c(C)c1. The Hall–Kier alpha value is -1.55. The third-order valence-electron chi connectivity index (χ3n) is 2.50. The Labute approximate surface area is 94.5 Å². The molecule has 0 amide bonds. The van der Waals surface area contributed by atoms with Crippen molar-refractivity contribution in [1.82, 2.24) is 0 Å². The Morgan fingerprint density at radius 3 is 2.25 bits per heavy atom.